The lowest BCUT2D eigenvalue weighted by molar-refractivity contribution is 0.539. The van der Waals surface area contributed by atoms with Crippen LogP contribution in [0.5, 0.6) is 0 Å². The van der Waals surface area contributed by atoms with E-state index in [1.54, 1.807) is 11.0 Å². The van der Waals surface area contributed by atoms with Crippen LogP contribution in [0.25, 0.3) is 5.69 Å². The summed E-state index contributed by atoms with van der Waals surface area (Å²) in [6.07, 6.45) is 4.26. The molecule has 0 radical (unpaired) electrons. The van der Waals surface area contributed by atoms with Gasteiger partial charge in [0.25, 0.3) is 0 Å². The van der Waals surface area contributed by atoms with Crippen molar-refractivity contribution >= 4 is 17.3 Å². The van der Waals surface area contributed by atoms with Crippen molar-refractivity contribution in [1.82, 2.24) is 14.8 Å². The number of hydrogen-bond acceptors (Lipinski definition) is 3. The van der Waals surface area contributed by atoms with E-state index in [0.29, 0.717) is 17.0 Å². The molecule has 1 aromatic carbocycles. The van der Waals surface area contributed by atoms with Crippen molar-refractivity contribution in [2.75, 3.05) is 5.32 Å². The Morgan fingerprint density at radius 1 is 1.32 bits per heavy atom. The molecule has 0 saturated carbocycles. The third-order valence-electron chi connectivity index (χ3n) is 2.86. The van der Waals surface area contributed by atoms with Crippen molar-refractivity contribution in [3.05, 3.63) is 35.9 Å². The molecule has 2 rings (SSSR count). The molecule has 102 valence electrons. The Kier molecular flexibility index (Phi) is 4.43. The molecule has 19 heavy (non-hydrogen) atoms. The van der Waals surface area contributed by atoms with Crippen LogP contribution in [0, 0.1) is 5.92 Å². The van der Waals surface area contributed by atoms with Gasteiger partial charge in [-0.2, -0.15) is 5.10 Å². The summed E-state index contributed by atoms with van der Waals surface area (Å²) in [5, 5.41) is 8.31. The number of halogens is 1. The first-order valence-electron chi connectivity index (χ1n) is 6.48. The molecule has 1 N–H and O–H groups in total. The molecule has 0 saturated heterocycles. The first kappa shape index (κ1) is 13.9. The molecular formula is C14H19ClN4. The Bertz CT molecular complexity index is 522. The minimum absolute atomic E-state index is 0.376. The summed E-state index contributed by atoms with van der Waals surface area (Å²) in [5.41, 5.74) is 1.82. The Labute approximate surface area is 118 Å². The van der Waals surface area contributed by atoms with E-state index >= 15 is 0 Å². The molecule has 0 bridgehead atoms. The maximum Gasteiger partial charge on any atom is 0.138 e. The van der Waals surface area contributed by atoms with Crippen LogP contribution in [-0.2, 0) is 0 Å². The van der Waals surface area contributed by atoms with Gasteiger partial charge in [-0.3, -0.25) is 0 Å². The normalized spacial score (nSPS) is 12.7. The van der Waals surface area contributed by atoms with Crippen molar-refractivity contribution in [3.8, 4) is 5.69 Å². The largest absolute Gasteiger partial charge is 0.381 e. The molecule has 1 heterocycles. The number of nitrogens with one attached hydrogen (secondary N) is 1. The highest BCUT2D eigenvalue weighted by molar-refractivity contribution is 6.33. The molecule has 1 aromatic heterocycles. The lowest BCUT2D eigenvalue weighted by Gasteiger charge is -2.20. The summed E-state index contributed by atoms with van der Waals surface area (Å²) >= 11 is 6.28. The number of aromatic nitrogens is 3. The van der Waals surface area contributed by atoms with E-state index in [4.69, 9.17) is 11.6 Å². The predicted molar refractivity (Wildman–Crippen MR) is 78.9 cm³/mol. The summed E-state index contributed by atoms with van der Waals surface area (Å²) < 4.78 is 1.69. The van der Waals surface area contributed by atoms with Crippen molar-refractivity contribution in [1.29, 1.82) is 0 Å². The summed E-state index contributed by atoms with van der Waals surface area (Å²) in [6, 6.07) is 6.18. The molecule has 2 aromatic rings. The van der Waals surface area contributed by atoms with Gasteiger partial charge in [0.15, 0.2) is 0 Å². The maximum absolute atomic E-state index is 6.28. The number of rotatable bonds is 5. The molecular weight excluding hydrogens is 260 g/mol. The second-order valence-corrected chi connectivity index (χ2v) is 5.56. The van der Waals surface area contributed by atoms with Crippen LogP contribution in [0.15, 0.2) is 30.9 Å². The molecule has 0 amide bonds. The van der Waals surface area contributed by atoms with Crippen molar-refractivity contribution in [3.63, 3.8) is 0 Å². The number of para-hydroxylation sites is 1. The summed E-state index contributed by atoms with van der Waals surface area (Å²) in [6.45, 7) is 6.61. The number of hydrogen-bond donors (Lipinski definition) is 1. The standard InChI is InChI=1S/C14H19ClN4/c1-10(2)7-11(3)18-13-6-4-5-12(15)14(13)19-9-16-8-17-19/h4-6,8-11,18H,7H2,1-3H3. The van der Waals surface area contributed by atoms with Gasteiger partial charge in [-0.15, -0.1) is 0 Å². The van der Waals surface area contributed by atoms with Crippen molar-refractivity contribution in [2.24, 2.45) is 5.92 Å². The summed E-state index contributed by atoms with van der Waals surface area (Å²) in [4.78, 5) is 3.97. The Morgan fingerprint density at radius 2 is 2.11 bits per heavy atom. The molecule has 0 aliphatic carbocycles. The second-order valence-electron chi connectivity index (χ2n) is 5.15. The molecule has 0 spiro atoms. The molecule has 4 nitrogen and oxygen atoms in total. The van der Waals surface area contributed by atoms with Gasteiger partial charge >= 0.3 is 0 Å². The van der Waals surface area contributed by atoms with E-state index in [2.05, 4.69) is 36.2 Å². The molecule has 1 unspecified atom stereocenters. The lowest BCUT2D eigenvalue weighted by atomic mass is 10.0. The zero-order chi connectivity index (χ0) is 13.8. The first-order valence-corrected chi connectivity index (χ1v) is 6.85. The average Bonchev–Trinajstić information content (AvgIpc) is 2.81. The van der Waals surface area contributed by atoms with Crippen molar-refractivity contribution in [2.45, 2.75) is 33.2 Å². The van der Waals surface area contributed by atoms with Crippen molar-refractivity contribution < 1.29 is 0 Å². The maximum atomic E-state index is 6.28. The summed E-state index contributed by atoms with van der Waals surface area (Å²) in [5.74, 6) is 0.650. The van der Waals surface area contributed by atoms with Gasteiger partial charge in [0.1, 0.15) is 18.3 Å². The van der Waals surface area contributed by atoms with Crippen LogP contribution in [0.4, 0.5) is 5.69 Å². The molecule has 0 aliphatic rings. The van der Waals surface area contributed by atoms with Gasteiger partial charge in [-0.25, -0.2) is 9.67 Å². The molecule has 0 fully saturated rings. The van der Waals surface area contributed by atoms with Gasteiger partial charge in [-0.1, -0.05) is 31.5 Å². The molecule has 0 aliphatic heterocycles. The third-order valence-corrected chi connectivity index (χ3v) is 3.17. The van der Waals surface area contributed by atoms with Gasteiger partial charge in [0.2, 0.25) is 0 Å². The third kappa shape index (κ3) is 3.47. The highest BCUT2D eigenvalue weighted by Crippen LogP contribution is 2.28. The summed E-state index contributed by atoms with van der Waals surface area (Å²) in [7, 11) is 0. The molecule has 1 atom stereocenters. The van der Waals surface area contributed by atoms with Crippen LogP contribution in [0.1, 0.15) is 27.2 Å². The van der Waals surface area contributed by atoms with Crippen LogP contribution in [0.2, 0.25) is 5.02 Å². The highest BCUT2D eigenvalue weighted by Gasteiger charge is 2.12. The number of nitrogens with zero attached hydrogens (tertiary/aromatic N) is 3. The van der Waals surface area contributed by atoms with Crippen LogP contribution in [0.3, 0.4) is 0 Å². The van der Waals surface area contributed by atoms with Gasteiger partial charge in [0.05, 0.1) is 10.7 Å². The quantitative estimate of drug-likeness (QED) is 0.905. The smallest absolute Gasteiger partial charge is 0.138 e. The SMILES string of the molecule is CC(C)CC(C)Nc1cccc(Cl)c1-n1cncn1. The molecule has 5 heteroatoms. The predicted octanol–water partition coefficient (Wildman–Crippen LogP) is 3.77. The Hall–Kier alpha value is -1.55. The minimum atomic E-state index is 0.376. The lowest BCUT2D eigenvalue weighted by Crippen LogP contribution is -2.18. The van der Waals surface area contributed by atoms with Crippen LogP contribution < -0.4 is 5.32 Å². The fourth-order valence-corrected chi connectivity index (χ4v) is 2.48. The van der Waals surface area contributed by atoms with Gasteiger partial charge in [0, 0.05) is 6.04 Å². The zero-order valence-electron chi connectivity index (χ0n) is 11.5. The number of anilines is 1. The van der Waals surface area contributed by atoms with E-state index in [1.165, 1.54) is 6.33 Å². The van der Waals surface area contributed by atoms with Gasteiger partial charge in [-0.05, 0) is 31.4 Å². The fourth-order valence-electron chi connectivity index (χ4n) is 2.22. The van der Waals surface area contributed by atoms with E-state index in [-0.39, 0.29) is 0 Å². The Morgan fingerprint density at radius 3 is 2.74 bits per heavy atom. The van der Waals surface area contributed by atoms with Crippen LogP contribution >= 0.6 is 11.6 Å². The Balaban J connectivity index is 2.28. The monoisotopic (exact) mass is 278 g/mol. The average molecular weight is 279 g/mol. The van der Waals surface area contributed by atoms with E-state index in [9.17, 15) is 0 Å². The topological polar surface area (TPSA) is 42.7 Å². The van der Waals surface area contributed by atoms with E-state index in [1.807, 2.05) is 18.2 Å². The first-order chi connectivity index (χ1) is 9.08. The van der Waals surface area contributed by atoms with E-state index < -0.39 is 0 Å². The highest BCUT2D eigenvalue weighted by atomic mass is 35.5. The second kappa shape index (κ2) is 6.06. The minimum Gasteiger partial charge on any atom is -0.381 e. The fraction of sp³-hybridized carbons (Fsp3) is 0.429. The number of benzene rings is 1. The zero-order valence-corrected chi connectivity index (χ0v) is 12.2. The van der Waals surface area contributed by atoms with Gasteiger partial charge < -0.3 is 5.32 Å². The van der Waals surface area contributed by atoms with E-state index in [0.717, 1.165) is 17.8 Å². The van der Waals surface area contributed by atoms with Crippen LogP contribution in [-0.4, -0.2) is 20.8 Å².